The highest BCUT2D eigenvalue weighted by molar-refractivity contribution is 9.10. The zero-order valence-corrected chi connectivity index (χ0v) is 18.0. The number of hydrogen-bond acceptors (Lipinski definition) is 5. The van der Waals surface area contributed by atoms with Crippen molar-refractivity contribution in [3.63, 3.8) is 0 Å². The van der Waals surface area contributed by atoms with Gasteiger partial charge in [0.15, 0.2) is 0 Å². The van der Waals surface area contributed by atoms with Crippen molar-refractivity contribution in [2.24, 2.45) is 0 Å². The van der Waals surface area contributed by atoms with E-state index in [1.165, 1.54) is 17.8 Å². The number of rotatable bonds is 7. The van der Waals surface area contributed by atoms with E-state index in [4.69, 9.17) is 0 Å². The number of halogens is 1. The number of nitro benzene ring substituents is 1. The minimum Gasteiger partial charge on any atom is -0.350 e. The highest BCUT2D eigenvalue weighted by Crippen LogP contribution is 2.35. The largest absolute Gasteiger partial charge is 0.350 e. The van der Waals surface area contributed by atoms with E-state index in [2.05, 4.69) is 33.1 Å². The third kappa shape index (κ3) is 5.12. The zero-order valence-electron chi connectivity index (χ0n) is 15.6. The van der Waals surface area contributed by atoms with Crippen LogP contribution in [0.4, 0.5) is 5.69 Å². The molecule has 1 amide bonds. The van der Waals surface area contributed by atoms with Crippen molar-refractivity contribution in [2.75, 3.05) is 19.6 Å². The Morgan fingerprint density at radius 2 is 2.07 bits per heavy atom. The van der Waals surface area contributed by atoms with Crippen LogP contribution >= 0.6 is 27.7 Å². The lowest BCUT2D eigenvalue weighted by Gasteiger charge is -2.22. The second kappa shape index (κ2) is 9.54. The van der Waals surface area contributed by atoms with Gasteiger partial charge >= 0.3 is 0 Å². The summed E-state index contributed by atoms with van der Waals surface area (Å²) in [6, 6.07) is 12.6. The Kier molecular flexibility index (Phi) is 7.09. The molecule has 1 heterocycles. The maximum absolute atomic E-state index is 12.5. The summed E-state index contributed by atoms with van der Waals surface area (Å²) in [5, 5.41) is 14.5. The maximum Gasteiger partial charge on any atom is 0.284 e. The number of carbonyl (C=O) groups excluding carboxylic acids is 1. The second-order valence-corrected chi connectivity index (χ2v) is 8.66. The molecule has 1 N–H and O–H groups in total. The van der Waals surface area contributed by atoms with Crippen LogP contribution in [0.25, 0.3) is 0 Å². The lowest BCUT2D eigenvalue weighted by molar-refractivity contribution is -0.387. The summed E-state index contributed by atoms with van der Waals surface area (Å²) in [5.41, 5.74) is 0.254. The molecule has 3 rings (SSSR count). The summed E-state index contributed by atoms with van der Waals surface area (Å²) in [5.74, 6) is -0.272. The predicted octanol–water partition coefficient (Wildman–Crippen LogP) is 4.72. The monoisotopic (exact) mass is 463 g/mol. The van der Waals surface area contributed by atoms with Gasteiger partial charge in [-0.2, -0.15) is 0 Å². The first-order valence-electron chi connectivity index (χ1n) is 9.22. The van der Waals surface area contributed by atoms with Crippen LogP contribution in [-0.2, 0) is 0 Å². The molecule has 28 heavy (non-hydrogen) atoms. The molecule has 0 saturated carbocycles. The number of carbonyl (C=O) groups is 1. The van der Waals surface area contributed by atoms with Crippen LogP contribution in [-0.4, -0.2) is 41.4 Å². The molecule has 1 saturated heterocycles. The molecule has 2 aromatic carbocycles. The van der Waals surface area contributed by atoms with E-state index >= 15 is 0 Å². The second-order valence-electron chi connectivity index (χ2n) is 6.63. The first-order chi connectivity index (χ1) is 13.5. The number of amides is 1. The Labute approximate surface area is 177 Å². The Balaban J connectivity index is 1.71. The topological polar surface area (TPSA) is 75.5 Å². The lowest BCUT2D eigenvalue weighted by Crippen LogP contribution is -2.40. The highest BCUT2D eigenvalue weighted by atomic mass is 79.9. The molecule has 2 aromatic rings. The van der Waals surface area contributed by atoms with Gasteiger partial charge in [0.1, 0.15) is 0 Å². The smallest absolute Gasteiger partial charge is 0.284 e. The Morgan fingerprint density at radius 1 is 1.32 bits per heavy atom. The first kappa shape index (κ1) is 20.8. The molecule has 1 atom stereocenters. The van der Waals surface area contributed by atoms with Crippen molar-refractivity contribution in [1.82, 2.24) is 10.2 Å². The van der Waals surface area contributed by atoms with Crippen LogP contribution in [0.15, 0.2) is 56.7 Å². The van der Waals surface area contributed by atoms with Crippen molar-refractivity contribution in [3.8, 4) is 0 Å². The van der Waals surface area contributed by atoms with Crippen LogP contribution in [0.2, 0.25) is 0 Å². The number of nitro groups is 1. The Hall–Kier alpha value is -1.90. The van der Waals surface area contributed by atoms with Gasteiger partial charge < -0.3 is 5.32 Å². The summed E-state index contributed by atoms with van der Waals surface area (Å²) in [7, 11) is 0. The number of likely N-dealkylation sites (N-methyl/N-ethyl adjacent to an activating group) is 1. The molecule has 148 valence electrons. The maximum atomic E-state index is 12.5. The van der Waals surface area contributed by atoms with Gasteiger partial charge in [0.2, 0.25) is 0 Å². The molecule has 1 unspecified atom stereocenters. The van der Waals surface area contributed by atoms with Gasteiger partial charge in [-0.25, -0.2) is 0 Å². The fourth-order valence-electron chi connectivity index (χ4n) is 3.37. The van der Waals surface area contributed by atoms with E-state index in [0.717, 1.165) is 35.3 Å². The number of nitrogens with zero attached hydrogens (tertiary/aromatic N) is 2. The summed E-state index contributed by atoms with van der Waals surface area (Å²) in [4.78, 5) is 27.4. The van der Waals surface area contributed by atoms with E-state index in [1.54, 1.807) is 12.1 Å². The van der Waals surface area contributed by atoms with Gasteiger partial charge in [-0.15, -0.1) is 0 Å². The highest BCUT2D eigenvalue weighted by Gasteiger charge is 2.24. The van der Waals surface area contributed by atoms with Crippen molar-refractivity contribution >= 4 is 39.3 Å². The number of hydrogen-bond donors (Lipinski definition) is 1. The van der Waals surface area contributed by atoms with E-state index in [1.807, 2.05) is 24.3 Å². The van der Waals surface area contributed by atoms with Gasteiger partial charge in [0.25, 0.3) is 11.6 Å². The van der Waals surface area contributed by atoms with Crippen LogP contribution < -0.4 is 5.32 Å². The third-order valence-electron chi connectivity index (χ3n) is 4.86. The molecule has 1 aliphatic rings. The van der Waals surface area contributed by atoms with Crippen LogP contribution in [0.5, 0.6) is 0 Å². The average molecular weight is 464 g/mol. The van der Waals surface area contributed by atoms with E-state index in [9.17, 15) is 14.9 Å². The fourth-order valence-corrected chi connectivity index (χ4v) is 4.54. The quantitative estimate of drug-likeness (QED) is 0.474. The molecule has 1 fully saturated rings. The first-order valence-corrected chi connectivity index (χ1v) is 10.8. The molecule has 8 heteroatoms. The minimum atomic E-state index is -0.437. The number of likely N-dealkylation sites (tertiary alicyclic amines) is 1. The van der Waals surface area contributed by atoms with E-state index in [-0.39, 0.29) is 11.6 Å². The summed E-state index contributed by atoms with van der Waals surface area (Å²) in [6.45, 7) is 4.71. The van der Waals surface area contributed by atoms with Gasteiger partial charge in [0, 0.05) is 33.6 Å². The molecule has 0 aromatic heterocycles. The van der Waals surface area contributed by atoms with E-state index < -0.39 is 4.92 Å². The van der Waals surface area contributed by atoms with Crippen LogP contribution in [0.3, 0.4) is 0 Å². The predicted molar refractivity (Wildman–Crippen MR) is 114 cm³/mol. The normalized spacial score (nSPS) is 16.9. The van der Waals surface area contributed by atoms with Gasteiger partial charge in [-0.3, -0.25) is 19.8 Å². The molecular weight excluding hydrogens is 442 g/mol. The third-order valence-corrected chi connectivity index (χ3v) is 6.46. The molecule has 0 aliphatic carbocycles. The zero-order chi connectivity index (χ0) is 20.1. The molecule has 0 spiro atoms. The van der Waals surface area contributed by atoms with Gasteiger partial charge in [-0.1, -0.05) is 34.6 Å². The van der Waals surface area contributed by atoms with Crippen LogP contribution in [0.1, 0.15) is 30.1 Å². The average Bonchev–Trinajstić information content (AvgIpc) is 3.15. The molecule has 1 aliphatic heterocycles. The summed E-state index contributed by atoms with van der Waals surface area (Å²) < 4.78 is 0.947. The number of nitrogens with one attached hydrogen (secondary N) is 1. The van der Waals surface area contributed by atoms with Crippen molar-refractivity contribution in [1.29, 1.82) is 0 Å². The molecule has 0 radical (unpaired) electrons. The van der Waals surface area contributed by atoms with Gasteiger partial charge in [-0.05, 0) is 62.3 Å². The van der Waals surface area contributed by atoms with Crippen molar-refractivity contribution in [3.05, 3.63) is 62.6 Å². The van der Waals surface area contributed by atoms with Crippen LogP contribution in [0, 0.1) is 10.1 Å². The Bertz CT molecular complexity index is 860. The lowest BCUT2D eigenvalue weighted by atomic mass is 10.1. The molecule has 0 bridgehead atoms. The standard InChI is InChI=1S/C20H22BrN3O3S/c1-2-23-11-3-4-16(23)13-22-20(25)14-5-10-19(18(12-14)24(26)27)28-17-8-6-15(21)7-9-17/h5-10,12,16H,2-4,11,13H2,1H3,(H,22,25). The van der Waals surface area contributed by atoms with Gasteiger partial charge in [0.05, 0.1) is 9.82 Å². The van der Waals surface area contributed by atoms with Crippen molar-refractivity contribution in [2.45, 2.75) is 35.6 Å². The summed E-state index contributed by atoms with van der Waals surface area (Å²) in [6.07, 6.45) is 2.21. The Morgan fingerprint density at radius 3 is 2.75 bits per heavy atom. The molecular formula is C20H22BrN3O3S. The number of benzene rings is 2. The minimum absolute atomic E-state index is 0.0587. The molecule has 6 nitrogen and oxygen atoms in total. The van der Waals surface area contributed by atoms with E-state index in [0.29, 0.717) is 23.0 Å². The summed E-state index contributed by atoms with van der Waals surface area (Å²) >= 11 is 4.68. The SMILES string of the molecule is CCN1CCCC1CNC(=O)c1ccc(Sc2ccc(Br)cc2)c([N+](=O)[O-])c1. The van der Waals surface area contributed by atoms with Crippen molar-refractivity contribution < 1.29 is 9.72 Å². The fraction of sp³-hybridized carbons (Fsp3) is 0.350.